The van der Waals surface area contributed by atoms with Crippen LogP contribution in [0.5, 0.6) is 0 Å². The number of anilines is 1. The lowest BCUT2D eigenvalue weighted by molar-refractivity contribution is -0.116. The van der Waals surface area contributed by atoms with E-state index in [2.05, 4.69) is 25.4 Å². The molecule has 2 N–H and O–H groups in total. The molecular weight excluding hydrogens is 400 g/mol. The first-order valence-electron chi connectivity index (χ1n) is 10.7. The van der Waals surface area contributed by atoms with Gasteiger partial charge in [-0.2, -0.15) is 5.10 Å². The normalized spacial score (nSPS) is 11.3. The number of aromatic amines is 1. The van der Waals surface area contributed by atoms with Crippen LogP contribution in [0.2, 0.25) is 0 Å². The Morgan fingerprint density at radius 2 is 1.81 bits per heavy atom. The molecule has 0 saturated carbocycles. The fourth-order valence-electron chi connectivity index (χ4n) is 4.07. The molecular formula is C25H24N6O. The van der Waals surface area contributed by atoms with Gasteiger partial charge in [0.05, 0.1) is 16.7 Å². The van der Waals surface area contributed by atoms with Crippen LogP contribution >= 0.6 is 0 Å². The summed E-state index contributed by atoms with van der Waals surface area (Å²) in [6.07, 6.45) is 0.989. The fraction of sp³-hybridized carbons (Fsp3) is 0.200. The molecule has 32 heavy (non-hydrogen) atoms. The molecule has 7 nitrogen and oxygen atoms in total. The van der Waals surface area contributed by atoms with Crippen molar-refractivity contribution in [3.63, 3.8) is 0 Å². The molecule has 0 fully saturated rings. The van der Waals surface area contributed by atoms with E-state index in [-0.39, 0.29) is 5.91 Å². The first-order valence-corrected chi connectivity index (χ1v) is 10.7. The average molecular weight is 425 g/mol. The molecule has 3 heterocycles. The molecule has 1 amide bonds. The van der Waals surface area contributed by atoms with Gasteiger partial charge >= 0.3 is 0 Å². The van der Waals surface area contributed by atoms with Gasteiger partial charge < -0.3 is 10.3 Å². The Morgan fingerprint density at radius 3 is 2.59 bits per heavy atom. The van der Waals surface area contributed by atoms with Gasteiger partial charge in [0.15, 0.2) is 5.65 Å². The van der Waals surface area contributed by atoms with Gasteiger partial charge in [-0.25, -0.2) is 14.5 Å². The molecule has 0 radical (unpaired) electrons. The molecule has 0 saturated heterocycles. The number of H-pyrrole nitrogens is 1. The van der Waals surface area contributed by atoms with Crippen LogP contribution in [0.15, 0.2) is 54.6 Å². The second-order valence-electron chi connectivity index (χ2n) is 8.04. The number of para-hydroxylation sites is 2. The number of hydrogen-bond donors (Lipinski definition) is 2. The van der Waals surface area contributed by atoms with E-state index in [0.29, 0.717) is 12.8 Å². The molecule has 0 bridgehead atoms. The maximum absolute atomic E-state index is 12.6. The molecule has 2 aromatic carbocycles. The van der Waals surface area contributed by atoms with Crippen LogP contribution in [0.4, 0.5) is 5.69 Å². The number of carbonyl (C=O) groups excluding carboxylic acids is 1. The summed E-state index contributed by atoms with van der Waals surface area (Å²) in [5, 5.41) is 7.49. The van der Waals surface area contributed by atoms with Gasteiger partial charge in [-0.15, -0.1) is 0 Å². The van der Waals surface area contributed by atoms with Crippen LogP contribution in [0.3, 0.4) is 0 Å². The van der Waals surface area contributed by atoms with Gasteiger partial charge in [-0.3, -0.25) is 4.79 Å². The molecule has 0 aliphatic rings. The molecule has 0 spiro atoms. The largest absolute Gasteiger partial charge is 0.338 e. The van der Waals surface area contributed by atoms with Gasteiger partial charge in [0, 0.05) is 35.1 Å². The SMILES string of the molecule is Cc1cc2nc(C)c(CCC(=O)Nc3ccc(-c4nc5ccccc5[nH]4)cc3)c(C)n2n1. The van der Waals surface area contributed by atoms with E-state index in [1.54, 1.807) is 0 Å². The van der Waals surface area contributed by atoms with Gasteiger partial charge in [0.25, 0.3) is 0 Å². The van der Waals surface area contributed by atoms with E-state index < -0.39 is 0 Å². The van der Waals surface area contributed by atoms with E-state index in [0.717, 1.165) is 56.4 Å². The van der Waals surface area contributed by atoms with Gasteiger partial charge in [-0.05, 0) is 69.2 Å². The summed E-state index contributed by atoms with van der Waals surface area (Å²) in [6.45, 7) is 5.97. The maximum atomic E-state index is 12.6. The predicted octanol–water partition coefficient (Wildman–Crippen LogP) is 4.77. The summed E-state index contributed by atoms with van der Waals surface area (Å²) in [5.74, 6) is 0.781. The Morgan fingerprint density at radius 1 is 1.03 bits per heavy atom. The number of hydrogen-bond acceptors (Lipinski definition) is 4. The highest BCUT2D eigenvalue weighted by molar-refractivity contribution is 5.91. The zero-order chi connectivity index (χ0) is 22.2. The molecule has 0 atom stereocenters. The summed E-state index contributed by atoms with van der Waals surface area (Å²) in [4.78, 5) is 25.2. The number of fused-ring (bicyclic) bond motifs is 2. The van der Waals surface area contributed by atoms with Crippen LogP contribution in [0.1, 0.15) is 29.1 Å². The van der Waals surface area contributed by atoms with Crippen LogP contribution in [-0.4, -0.2) is 30.5 Å². The van der Waals surface area contributed by atoms with Crippen molar-refractivity contribution in [2.45, 2.75) is 33.6 Å². The number of nitrogens with one attached hydrogen (secondary N) is 2. The summed E-state index contributed by atoms with van der Waals surface area (Å²) in [5.41, 5.74) is 8.49. The zero-order valence-electron chi connectivity index (χ0n) is 18.3. The van der Waals surface area contributed by atoms with Gasteiger partial charge in [0.2, 0.25) is 5.91 Å². The Kier molecular flexibility index (Phi) is 4.93. The molecule has 5 aromatic rings. The number of amides is 1. The molecule has 7 heteroatoms. The Bertz CT molecular complexity index is 1410. The molecule has 0 aliphatic carbocycles. The van der Waals surface area contributed by atoms with Crippen molar-refractivity contribution in [3.05, 3.63) is 77.2 Å². The quantitative estimate of drug-likeness (QED) is 0.425. The predicted molar refractivity (Wildman–Crippen MR) is 126 cm³/mol. The highest BCUT2D eigenvalue weighted by atomic mass is 16.1. The minimum atomic E-state index is -0.0305. The first kappa shape index (κ1) is 19.9. The third kappa shape index (κ3) is 3.73. The lowest BCUT2D eigenvalue weighted by atomic mass is 10.1. The van der Waals surface area contributed by atoms with Crippen LogP contribution in [-0.2, 0) is 11.2 Å². The van der Waals surface area contributed by atoms with Crippen LogP contribution in [0, 0.1) is 20.8 Å². The zero-order valence-corrected chi connectivity index (χ0v) is 18.3. The van der Waals surface area contributed by atoms with Gasteiger partial charge in [-0.1, -0.05) is 12.1 Å². The smallest absolute Gasteiger partial charge is 0.224 e. The molecule has 0 aliphatic heterocycles. The van der Waals surface area contributed by atoms with Crippen LogP contribution in [0.25, 0.3) is 28.1 Å². The molecule has 5 rings (SSSR count). The lowest BCUT2D eigenvalue weighted by Gasteiger charge is -2.11. The molecule has 160 valence electrons. The fourth-order valence-corrected chi connectivity index (χ4v) is 4.07. The summed E-state index contributed by atoms with van der Waals surface area (Å²) >= 11 is 0. The van der Waals surface area contributed by atoms with Crippen molar-refractivity contribution in [3.8, 4) is 11.4 Å². The summed E-state index contributed by atoms with van der Waals surface area (Å²) in [7, 11) is 0. The first-order chi connectivity index (χ1) is 15.5. The summed E-state index contributed by atoms with van der Waals surface area (Å²) in [6, 6.07) is 17.6. The van der Waals surface area contributed by atoms with E-state index in [9.17, 15) is 4.79 Å². The van der Waals surface area contributed by atoms with Gasteiger partial charge in [0.1, 0.15) is 5.82 Å². The van der Waals surface area contributed by atoms with E-state index in [4.69, 9.17) is 0 Å². The Hall–Kier alpha value is -4.00. The minimum absolute atomic E-state index is 0.0305. The number of nitrogens with zero attached hydrogens (tertiary/aromatic N) is 4. The number of imidazole rings is 1. The van der Waals surface area contributed by atoms with Crippen molar-refractivity contribution in [2.75, 3.05) is 5.32 Å². The van der Waals surface area contributed by atoms with Crippen molar-refractivity contribution < 1.29 is 4.79 Å². The third-order valence-corrected chi connectivity index (χ3v) is 5.72. The summed E-state index contributed by atoms with van der Waals surface area (Å²) < 4.78 is 1.85. The highest BCUT2D eigenvalue weighted by Gasteiger charge is 2.13. The standard InChI is InChI=1S/C25H24N6O/c1-15-14-23-26-16(2)20(17(3)31(23)30-15)12-13-24(32)27-19-10-8-18(9-11-19)25-28-21-6-4-5-7-22(21)29-25/h4-11,14H,12-13H2,1-3H3,(H,27,32)(H,28,29). The monoisotopic (exact) mass is 424 g/mol. The lowest BCUT2D eigenvalue weighted by Crippen LogP contribution is -2.14. The molecule has 3 aromatic heterocycles. The highest BCUT2D eigenvalue weighted by Crippen LogP contribution is 2.22. The van der Waals surface area contributed by atoms with E-state index >= 15 is 0 Å². The topological polar surface area (TPSA) is 88.0 Å². The minimum Gasteiger partial charge on any atom is -0.338 e. The number of benzene rings is 2. The van der Waals surface area contributed by atoms with Crippen molar-refractivity contribution in [2.24, 2.45) is 0 Å². The number of aryl methyl sites for hydroxylation is 3. The number of aromatic nitrogens is 5. The number of rotatable bonds is 5. The average Bonchev–Trinajstić information content (AvgIpc) is 3.37. The Labute approximate surface area is 185 Å². The van der Waals surface area contributed by atoms with E-state index in [1.165, 1.54) is 0 Å². The van der Waals surface area contributed by atoms with Crippen LogP contribution < -0.4 is 5.32 Å². The Balaban J connectivity index is 1.26. The second kappa shape index (κ2) is 7.92. The molecule has 0 unspecified atom stereocenters. The third-order valence-electron chi connectivity index (χ3n) is 5.72. The van der Waals surface area contributed by atoms with Crippen molar-refractivity contribution in [1.82, 2.24) is 24.6 Å². The van der Waals surface area contributed by atoms with E-state index in [1.807, 2.05) is 79.9 Å². The number of carbonyl (C=O) groups is 1. The van der Waals surface area contributed by atoms with Crippen molar-refractivity contribution in [1.29, 1.82) is 0 Å². The second-order valence-corrected chi connectivity index (χ2v) is 8.04. The maximum Gasteiger partial charge on any atom is 0.224 e. The van der Waals surface area contributed by atoms with Crippen molar-refractivity contribution >= 4 is 28.3 Å².